The molecule has 3 heteroatoms. The number of phenolic OH excluding ortho intramolecular Hbond substituents is 1. The van der Waals surface area contributed by atoms with E-state index in [1.54, 1.807) is 12.1 Å². The maximum atomic E-state index is 9.41. The molecule has 1 aromatic carbocycles. The Bertz CT molecular complexity index is 302. The van der Waals surface area contributed by atoms with Crippen molar-refractivity contribution in [2.45, 2.75) is 26.2 Å². The highest BCUT2D eigenvalue weighted by atomic mass is 16.3. The lowest BCUT2D eigenvalue weighted by molar-refractivity contribution is 0.301. The van der Waals surface area contributed by atoms with Crippen LogP contribution in [0, 0.1) is 0 Å². The van der Waals surface area contributed by atoms with Crippen LogP contribution >= 0.6 is 0 Å². The van der Waals surface area contributed by atoms with Crippen molar-refractivity contribution < 1.29 is 10.2 Å². The largest absolute Gasteiger partial charge is 0.508 e. The summed E-state index contributed by atoms with van der Waals surface area (Å²) in [5.41, 5.74) is 0.977. The van der Waals surface area contributed by atoms with Crippen LogP contribution in [0.15, 0.2) is 24.3 Å². The van der Waals surface area contributed by atoms with Crippen LogP contribution in [0.25, 0.3) is 0 Å². The van der Waals surface area contributed by atoms with Crippen molar-refractivity contribution in [1.82, 2.24) is 0 Å². The normalized spacial score (nSPS) is 10.4. The Morgan fingerprint density at radius 3 is 2.62 bits per heavy atom. The van der Waals surface area contributed by atoms with E-state index < -0.39 is 0 Å². The summed E-state index contributed by atoms with van der Waals surface area (Å²) in [5.74, 6) is 0.274. The van der Waals surface area contributed by atoms with Gasteiger partial charge in [-0.25, -0.2) is 0 Å². The SMILES string of the molecule is CCCCCN(CCO)c1cccc(O)c1. The van der Waals surface area contributed by atoms with Crippen LogP contribution in [-0.4, -0.2) is 29.9 Å². The van der Waals surface area contributed by atoms with Crippen molar-refractivity contribution in [3.8, 4) is 5.75 Å². The molecule has 0 amide bonds. The van der Waals surface area contributed by atoms with Crippen LogP contribution in [0.5, 0.6) is 5.75 Å². The number of hydrogen-bond donors (Lipinski definition) is 2. The number of aromatic hydroxyl groups is 1. The van der Waals surface area contributed by atoms with Gasteiger partial charge in [0.1, 0.15) is 5.75 Å². The Balaban J connectivity index is 2.61. The second-order valence-corrected chi connectivity index (χ2v) is 3.94. The molecule has 1 rings (SSSR count). The van der Waals surface area contributed by atoms with Gasteiger partial charge in [0, 0.05) is 24.8 Å². The number of nitrogens with zero attached hydrogens (tertiary/aromatic N) is 1. The van der Waals surface area contributed by atoms with Gasteiger partial charge in [-0.15, -0.1) is 0 Å². The number of unbranched alkanes of at least 4 members (excludes halogenated alkanes) is 2. The van der Waals surface area contributed by atoms with Crippen molar-refractivity contribution in [1.29, 1.82) is 0 Å². The van der Waals surface area contributed by atoms with E-state index in [-0.39, 0.29) is 12.4 Å². The summed E-state index contributed by atoms with van der Waals surface area (Å²) < 4.78 is 0. The average Bonchev–Trinajstić information content (AvgIpc) is 2.28. The van der Waals surface area contributed by atoms with Gasteiger partial charge in [0.25, 0.3) is 0 Å². The monoisotopic (exact) mass is 223 g/mol. The fourth-order valence-corrected chi connectivity index (χ4v) is 1.73. The number of hydrogen-bond acceptors (Lipinski definition) is 3. The molecule has 0 heterocycles. The lowest BCUT2D eigenvalue weighted by atomic mass is 10.2. The van der Waals surface area contributed by atoms with E-state index in [1.165, 1.54) is 12.8 Å². The summed E-state index contributed by atoms with van der Waals surface area (Å²) in [6.07, 6.45) is 3.50. The number of phenols is 1. The molecule has 2 N–H and O–H groups in total. The van der Waals surface area contributed by atoms with Crippen LogP contribution in [-0.2, 0) is 0 Å². The van der Waals surface area contributed by atoms with E-state index in [4.69, 9.17) is 5.11 Å². The highest BCUT2D eigenvalue weighted by Gasteiger charge is 2.05. The van der Waals surface area contributed by atoms with Crippen LogP contribution in [0.1, 0.15) is 26.2 Å². The summed E-state index contributed by atoms with van der Waals surface area (Å²) in [5, 5.41) is 18.4. The fraction of sp³-hybridized carbons (Fsp3) is 0.538. The summed E-state index contributed by atoms with van der Waals surface area (Å²) in [7, 11) is 0. The zero-order valence-electron chi connectivity index (χ0n) is 9.89. The predicted molar refractivity (Wildman–Crippen MR) is 66.9 cm³/mol. The number of anilines is 1. The molecule has 0 aliphatic rings. The van der Waals surface area contributed by atoms with Crippen LogP contribution in [0.2, 0.25) is 0 Å². The van der Waals surface area contributed by atoms with Gasteiger partial charge in [-0.1, -0.05) is 25.8 Å². The first-order chi connectivity index (χ1) is 7.77. The molecular weight excluding hydrogens is 202 g/mol. The van der Waals surface area contributed by atoms with Crippen LogP contribution < -0.4 is 4.90 Å². The molecule has 0 unspecified atom stereocenters. The fourth-order valence-electron chi connectivity index (χ4n) is 1.73. The standard InChI is InChI=1S/C13H21NO2/c1-2-3-4-8-14(9-10-15)12-6-5-7-13(16)11-12/h5-7,11,15-16H,2-4,8-10H2,1H3. The van der Waals surface area contributed by atoms with Gasteiger partial charge in [0.2, 0.25) is 0 Å². The van der Waals surface area contributed by atoms with E-state index in [1.807, 2.05) is 12.1 Å². The van der Waals surface area contributed by atoms with E-state index in [9.17, 15) is 5.11 Å². The van der Waals surface area contributed by atoms with Crippen LogP contribution in [0.4, 0.5) is 5.69 Å². The minimum atomic E-state index is 0.141. The summed E-state index contributed by atoms with van der Waals surface area (Å²) >= 11 is 0. The molecular formula is C13H21NO2. The number of rotatable bonds is 7. The Morgan fingerprint density at radius 1 is 1.19 bits per heavy atom. The van der Waals surface area contributed by atoms with Gasteiger partial charge >= 0.3 is 0 Å². The van der Waals surface area contributed by atoms with Crippen molar-refractivity contribution in [2.24, 2.45) is 0 Å². The average molecular weight is 223 g/mol. The molecule has 0 aromatic heterocycles. The lowest BCUT2D eigenvalue weighted by Gasteiger charge is -2.24. The smallest absolute Gasteiger partial charge is 0.117 e. The maximum absolute atomic E-state index is 9.41. The first-order valence-electron chi connectivity index (χ1n) is 5.92. The number of aliphatic hydroxyl groups is 1. The molecule has 90 valence electrons. The van der Waals surface area contributed by atoms with Gasteiger partial charge in [-0.3, -0.25) is 0 Å². The Kier molecular flexibility index (Phi) is 5.72. The van der Waals surface area contributed by atoms with E-state index in [2.05, 4.69) is 11.8 Å². The van der Waals surface area contributed by atoms with Gasteiger partial charge in [-0.05, 0) is 18.6 Å². The topological polar surface area (TPSA) is 43.7 Å². The molecule has 0 aliphatic heterocycles. The molecule has 0 radical (unpaired) electrons. The summed E-state index contributed by atoms with van der Waals surface area (Å²) in [6.45, 7) is 3.86. The molecule has 1 aromatic rings. The van der Waals surface area contributed by atoms with Crippen molar-refractivity contribution in [3.63, 3.8) is 0 Å². The minimum absolute atomic E-state index is 0.141. The molecule has 0 fully saturated rings. The first-order valence-corrected chi connectivity index (χ1v) is 5.92. The van der Waals surface area contributed by atoms with Gasteiger partial charge < -0.3 is 15.1 Å². The Hall–Kier alpha value is -1.22. The van der Waals surface area contributed by atoms with Crippen LogP contribution in [0.3, 0.4) is 0 Å². The molecule has 0 saturated heterocycles. The van der Waals surface area contributed by atoms with E-state index >= 15 is 0 Å². The summed E-state index contributed by atoms with van der Waals surface area (Å²) in [6, 6.07) is 7.18. The van der Waals surface area contributed by atoms with Crippen molar-refractivity contribution in [2.75, 3.05) is 24.6 Å². The predicted octanol–water partition coefficient (Wildman–Crippen LogP) is 2.38. The second kappa shape index (κ2) is 7.12. The highest BCUT2D eigenvalue weighted by molar-refractivity contribution is 5.50. The minimum Gasteiger partial charge on any atom is -0.508 e. The van der Waals surface area contributed by atoms with E-state index in [0.29, 0.717) is 6.54 Å². The maximum Gasteiger partial charge on any atom is 0.117 e. The molecule has 0 saturated carbocycles. The highest BCUT2D eigenvalue weighted by Crippen LogP contribution is 2.20. The molecule has 0 aliphatic carbocycles. The lowest BCUT2D eigenvalue weighted by Crippen LogP contribution is -2.27. The van der Waals surface area contributed by atoms with Crippen molar-refractivity contribution >= 4 is 5.69 Å². The zero-order valence-corrected chi connectivity index (χ0v) is 9.89. The molecule has 3 nitrogen and oxygen atoms in total. The summed E-state index contributed by atoms with van der Waals surface area (Å²) in [4.78, 5) is 2.11. The molecule has 0 atom stereocenters. The Morgan fingerprint density at radius 2 is 2.00 bits per heavy atom. The third kappa shape index (κ3) is 4.11. The van der Waals surface area contributed by atoms with Gasteiger partial charge in [0.15, 0.2) is 0 Å². The number of benzene rings is 1. The third-order valence-corrected chi connectivity index (χ3v) is 2.60. The van der Waals surface area contributed by atoms with Gasteiger partial charge in [0.05, 0.1) is 6.61 Å². The molecule has 16 heavy (non-hydrogen) atoms. The van der Waals surface area contributed by atoms with Crippen molar-refractivity contribution in [3.05, 3.63) is 24.3 Å². The molecule has 0 spiro atoms. The zero-order chi connectivity index (χ0) is 11.8. The van der Waals surface area contributed by atoms with Gasteiger partial charge in [-0.2, -0.15) is 0 Å². The molecule has 0 bridgehead atoms. The number of aliphatic hydroxyl groups excluding tert-OH is 1. The quantitative estimate of drug-likeness (QED) is 0.697. The Labute approximate surface area is 97.3 Å². The second-order valence-electron chi connectivity index (χ2n) is 3.94. The van der Waals surface area contributed by atoms with E-state index in [0.717, 1.165) is 18.7 Å². The third-order valence-electron chi connectivity index (χ3n) is 2.60. The first kappa shape index (κ1) is 12.8.